The highest BCUT2D eigenvalue weighted by atomic mass is 32.2. The molecule has 184 valence electrons. The molecule has 2 aromatic carbocycles. The normalized spacial score (nSPS) is 15.9. The van der Waals surface area contributed by atoms with Crippen molar-refractivity contribution < 1.29 is 22.7 Å². The number of rotatable bonds is 11. The Bertz CT molecular complexity index is 1100. The molecule has 7 nitrogen and oxygen atoms in total. The molecule has 34 heavy (non-hydrogen) atoms. The Morgan fingerprint density at radius 3 is 2.35 bits per heavy atom. The number of nitrogens with zero attached hydrogens (tertiary/aromatic N) is 1. The van der Waals surface area contributed by atoms with Crippen LogP contribution in [0.2, 0.25) is 0 Å². The van der Waals surface area contributed by atoms with E-state index < -0.39 is 10.0 Å². The summed E-state index contributed by atoms with van der Waals surface area (Å²) in [5.74, 6) is 1.36. The average molecular weight is 487 g/mol. The van der Waals surface area contributed by atoms with Crippen molar-refractivity contribution in [1.82, 2.24) is 5.32 Å². The molecule has 1 saturated heterocycles. The Labute approximate surface area is 202 Å². The summed E-state index contributed by atoms with van der Waals surface area (Å²) in [6.45, 7) is 7.74. The highest BCUT2D eigenvalue weighted by Crippen LogP contribution is 2.31. The van der Waals surface area contributed by atoms with Crippen molar-refractivity contribution in [2.75, 3.05) is 29.8 Å². The van der Waals surface area contributed by atoms with E-state index >= 15 is 0 Å². The van der Waals surface area contributed by atoms with E-state index in [0.717, 1.165) is 24.0 Å². The van der Waals surface area contributed by atoms with Gasteiger partial charge < -0.3 is 14.8 Å². The van der Waals surface area contributed by atoms with E-state index in [4.69, 9.17) is 9.47 Å². The van der Waals surface area contributed by atoms with Crippen LogP contribution in [0.3, 0.4) is 0 Å². The number of nitrogens with one attached hydrogen (secondary N) is 1. The van der Waals surface area contributed by atoms with E-state index in [9.17, 15) is 13.2 Å². The molecular weight excluding hydrogens is 452 g/mol. The molecule has 1 unspecified atom stereocenters. The monoisotopic (exact) mass is 486 g/mol. The average Bonchev–Trinajstić information content (AvgIpc) is 3.19. The van der Waals surface area contributed by atoms with E-state index in [1.165, 1.54) is 10.4 Å². The number of sulfonamides is 1. The summed E-state index contributed by atoms with van der Waals surface area (Å²) in [6.07, 6.45) is 5.63. The van der Waals surface area contributed by atoms with Crippen LogP contribution in [0.1, 0.15) is 57.2 Å². The van der Waals surface area contributed by atoms with E-state index in [-0.39, 0.29) is 17.7 Å². The number of hydrogen-bond acceptors (Lipinski definition) is 5. The first-order valence-electron chi connectivity index (χ1n) is 11.8. The number of benzene rings is 2. The molecule has 1 N–H and O–H groups in total. The van der Waals surface area contributed by atoms with Crippen LogP contribution >= 0.6 is 0 Å². The second-order valence-electron chi connectivity index (χ2n) is 8.30. The standard InChI is InChI=1S/C26H34N2O5S/c1-4-16-32-24-13-10-22(19-25(24)33-17-5-2)20(3)27-26(29)14-9-21-7-11-23(12-8-21)28-15-6-18-34(28,30)31/h7-14,19-20H,4-6,15-18H2,1-3H3,(H,27,29)/b14-9+. The lowest BCUT2D eigenvalue weighted by Crippen LogP contribution is -2.25. The third-order valence-corrected chi connectivity index (χ3v) is 7.33. The minimum Gasteiger partial charge on any atom is -0.490 e. The molecule has 1 aliphatic heterocycles. The molecule has 8 heteroatoms. The van der Waals surface area contributed by atoms with Gasteiger partial charge in [-0.25, -0.2) is 8.42 Å². The van der Waals surface area contributed by atoms with Crippen LogP contribution < -0.4 is 19.1 Å². The summed E-state index contributed by atoms with van der Waals surface area (Å²) in [7, 11) is -3.20. The van der Waals surface area contributed by atoms with E-state index in [1.807, 2.05) is 44.2 Å². The molecule has 0 saturated carbocycles. The van der Waals surface area contributed by atoms with Crippen LogP contribution in [0.4, 0.5) is 5.69 Å². The van der Waals surface area contributed by atoms with E-state index in [2.05, 4.69) is 12.2 Å². The van der Waals surface area contributed by atoms with Crippen molar-refractivity contribution >= 4 is 27.7 Å². The topological polar surface area (TPSA) is 84.9 Å². The minimum absolute atomic E-state index is 0.188. The molecule has 0 aliphatic carbocycles. The van der Waals surface area contributed by atoms with Gasteiger partial charge in [0.15, 0.2) is 11.5 Å². The summed E-state index contributed by atoms with van der Waals surface area (Å²) in [5.41, 5.74) is 2.39. The lowest BCUT2D eigenvalue weighted by molar-refractivity contribution is -0.117. The van der Waals surface area contributed by atoms with Crippen LogP contribution in [0.5, 0.6) is 11.5 Å². The van der Waals surface area contributed by atoms with Crippen molar-refractivity contribution in [1.29, 1.82) is 0 Å². The maximum atomic E-state index is 12.5. The summed E-state index contributed by atoms with van der Waals surface area (Å²) in [6, 6.07) is 12.7. The van der Waals surface area contributed by atoms with Crippen molar-refractivity contribution in [3.05, 3.63) is 59.7 Å². The van der Waals surface area contributed by atoms with Gasteiger partial charge in [0.05, 0.1) is 30.7 Å². The van der Waals surface area contributed by atoms with Crippen molar-refractivity contribution in [3.8, 4) is 11.5 Å². The van der Waals surface area contributed by atoms with Gasteiger partial charge in [-0.15, -0.1) is 0 Å². The molecule has 1 heterocycles. The number of ether oxygens (including phenoxy) is 2. The molecule has 1 aliphatic rings. The Morgan fingerprint density at radius 1 is 1.06 bits per heavy atom. The largest absolute Gasteiger partial charge is 0.490 e. The first-order valence-corrected chi connectivity index (χ1v) is 13.4. The summed E-state index contributed by atoms with van der Waals surface area (Å²) in [4.78, 5) is 12.5. The molecule has 1 fully saturated rings. The van der Waals surface area contributed by atoms with Gasteiger partial charge in [0.2, 0.25) is 15.9 Å². The van der Waals surface area contributed by atoms with Crippen LogP contribution in [-0.2, 0) is 14.8 Å². The number of anilines is 1. The fourth-order valence-electron chi connectivity index (χ4n) is 3.65. The second-order valence-corrected chi connectivity index (χ2v) is 10.3. The molecule has 1 amide bonds. The second kappa shape index (κ2) is 11.9. The maximum Gasteiger partial charge on any atom is 0.244 e. The smallest absolute Gasteiger partial charge is 0.244 e. The zero-order valence-electron chi connectivity index (χ0n) is 20.1. The van der Waals surface area contributed by atoms with Crippen LogP contribution in [0.15, 0.2) is 48.5 Å². The first kappa shape index (κ1) is 25.6. The fraction of sp³-hybridized carbons (Fsp3) is 0.423. The molecule has 0 aromatic heterocycles. The van der Waals surface area contributed by atoms with Gasteiger partial charge in [0, 0.05) is 12.6 Å². The summed E-state index contributed by atoms with van der Waals surface area (Å²) in [5, 5.41) is 2.97. The van der Waals surface area contributed by atoms with Crippen LogP contribution in [0.25, 0.3) is 6.08 Å². The zero-order chi connectivity index (χ0) is 24.6. The van der Waals surface area contributed by atoms with Crippen molar-refractivity contribution in [2.24, 2.45) is 0 Å². The quantitative estimate of drug-likeness (QED) is 0.466. The third-order valence-electron chi connectivity index (χ3n) is 5.46. The number of carbonyl (C=O) groups excluding carboxylic acids is 1. The molecule has 0 bridgehead atoms. The van der Waals surface area contributed by atoms with Gasteiger partial charge in [0.1, 0.15) is 0 Å². The zero-order valence-corrected chi connectivity index (χ0v) is 20.9. The Hall–Kier alpha value is -3.00. The minimum atomic E-state index is -3.20. The highest BCUT2D eigenvalue weighted by Gasteiger charge is 2.28. The SMILES string of the molecule is CCCOc1ccc(C(C)NC(=O)/C=C/c2ccc(N3CCCS3(=O)=O)cc2)cc1OCCC. The van der Waals surface area contributed by atoms with Gasteiger partial charge in [-0.2, -0.15) is 0 Å². The number of carbonyl (C=O) groups is 1. The van der Waals surface area contributed by atoms with Gasteiger partial charge >= 0.3 is 0 Å². The fourth-order valence-corrected chi connectivity index (χ4v) is 5.21. The predicted octanol–water partition coefficient (Wildman–Crippen LogP) is 4.69. The maximum absolute atomic E-state index is 12.5. The Morgan fingerprint density at radius 2 is 1.74 bits per heavy atom. The van der Waals surface area contributed by atoms with E-state index in [0.29, 0.717) is 43.4 Å². The van der Waals surface area contributed by atoms with E-state index in [1.54, 1.807) is 18.2 Å². The van der Waals surface area contributed by atoms with Crippen molar-refractivity contribution in [2.45, 2.75) is 46.1 Å². The molecular formula is C26H34N2O5S. The van der Waals surface area contributed by atoms with Crippen LogP contribution in [0, 0.1) is 0 Å². The molecule has 0 radical (unpaired) electrons. The van der Waals surface area contributed by atoms with Gasteiger partial charge in [-0.05, 0) is 67.7 Å². The lowest BCUT2D eigenvalue weighted by atomic mass is 10.1. The molecule has 2 aromatic rings. The van der Waals surface area contributed by atoms with Crippen LogP contribution in [-0.4, -0.2) is 39.8 Å². The molecule has 0 spiro atoms. The third kappa shape index (κ3) is 6.76. The number of amides is 1. The highest BCUT2D eigenvalue weighted by molar-refractivity contribution is 7.93. The number of hydrogen-bond donors (Lipinski definition) is 1. The summed E-state index contributed by atoms with van der Waals surface area (Å²) < 4.78 is 37.2. The Balaban J connectivity index is 1.61. The summed E-state index contributed by atoms with van der Waals surface area (Å²) >= 11 is 0. The molecule has 3 rings (SSSR count). The first-order chi connectivity index (χ1) is 16.3. The Kier molecular flexibility index (Phi) is 8.98. The van der Waals surface area contributed by atoms with Gasteiger partial charge in [0.25, 0.3) is 0 Å². The van der Waals surface area contributed by atoms with Crippen molar-refractivity contribution in [3.63, 3.8) is 0 Å². The van der Waals surface area contributed by atoms with Gasteiger partial charge in [-0.1, -0.05) is 32.0 Å². The predicted molar refractivity (Wildman–Crippen MR) is 136 cm³/mol. The lowest BCUT2D eigenvalue weighted by Gasteiger charge is -2.17. The van der Waals surface area contributed by atoms with Gasteiger partial charge in [-0.3, -0.25) is 9.10 Å². The molecule has 1 atom stereocenters.